The van der Waals surface area contributed by atoms with E-state index in [2.05, 4.69) is 31.4 Å². The van der Waals surface area contributed by atoms with Crippen LogP contribution in [0.4, 0.5) is 10.1 Å². The Bertz CT molecular complexity index is 749. The second kappa shape index (κ2) is 7.92. The molecule has 0 saturated carbocycles. The van der Waals surface area contributed by atoms with Gasteiger partial charge in [0.1, 0.15) is 5.82 Å². The van der Waals surface area contributed by atoms with Crippen LogP contribution in [0.5, 0.6) is 0 Å². The normalized spacial score (nSPS) is 11.0. The van der Waals surface area contributed by atoms with Crippen LogP contribution in [0.3, 0.4) is 0 Å². The van der Waals surface area contributed by atoms with Gasteiger partial charge in [0, 0.05) is 5.69 Å². The zero-order valence-corrected chi connectivity index (χ0v) is 14.7. The van der Waals surface area contributed by atoms with Crippen LogP contribution in [0, 0.1) is 5.82 Å². The summed E-state index contributed by atoms with van der Waals surface area (Å²) in [7, 11) is 0. The average Bonchev–Trinajstić information content (AvgIpc) is 2.53. The van der Waals surface area contributed by atoms with Crippen molar-refractivity contribution in [2.24, 2.45) is 0 Å². The van der Waals surface area contributed by atoms with Gasteiger partial charge in [0.25, 0.3) is 0 Å². The molecule has 0 saturated heterocycles. The zero-order valence-electron chi connectivity index (χ0n) is 14.7. The summed E-state index contributed by atoms with van der Waals surface area (Å²) >= 11 is 0. The van der Waals surface area contributed by atoms with Gasteiger partial charge in [0.15, 0.2) is 0 Å². The molecule has 0 fully saturated rings. The third-order valence-corrected chi connectivity index (χ3v) is 3.73. The quantitative estimate of drug-likeness (QED) is 0.875. The molecule has 132 valence electrons. The molecule has 2 aromatic rings. The first-order chi connectivity index (χ1) is 11.7. The largest absolute Gasteiger partial charge is 0.347 e. The van der Waals surface area contributed by atoms with Gasteiger partial charge in [-0.15, -0.1) is 0 Å². The molecule has 0 aliphatic rings. The lowest BCUT2D eigenvalue weighted by Crippen LogP contribution is -2.33. The maximum absolute atomic E-state index is 13.1. The zero-order chi connectivity index (χ0) is 18.4. The van der Waals surface area contributed by atoms with Gasteiger partial charge >= 0.3 is 0 Å². The molecule has 2 amide bonds. The van der Waals surface area contributed by atoms with Crippen LogP contribution in [0.15, 0.2) is 48.5 Å². The summed E-state index contributed by atoms with van der Waals surface area (Å²) in [5, 5.41) is 5.27. The highest BCUT2D eigenvalue weighted by molar-refractivity contribution is 5.94. The molecular formula is C20H23FN2O2. The van der Waals surface area contributed by atoms with Crippen LogP contribution in [-0.2, 0) is 21.4 Å². The Hall–Kier alpha value is -2.69. The summed E-state index contributed by atoms with van der Waals surface area (Å²) in [6, 6.07) is 13.5. The molecule has 0 aromatic heterocycles. The fourth-order valence-electron chi connectivity index (χ4n) is 2.33. The highest BCUT2D eigenvalue weighted by Gasteiger charge is 2.13. The van der Waals surface area contributed by atoms with Crippen LogP contribution in [-0.4, -0.2) is 18.4 Å². The third-order valence-electron chi connectivity index (χ3n) is 3.73. The standard InChI is InChI=1S/C20H23FN2O2/c1-20(2,3)15-7-9-17(10-8-15)23-19(25)13-22-18(24)12-14-5-4-6-16(21)11-14/h4-11H,12-13H2,1-3H3,(H,22,24)(H,23,25). The number of carbonyl (C=O) groups excluding carboxylic acids is 2. The Labute approximate surface area is 147 Å². The van der Waals surface area contributed by atoms with E-state index >= 15 is 0 Å². The van der Waals surface area contributed by atoms with Crippen LogP contribution < -0.4 is 10.6 Å². The van der Waals surface area contributed by atoms with Crippen LogP contribution in [0.2, 0.25) is 0 Å². The smallest absolute Gasteiger partial charge is 0.243 e. The van der Waals surface area contributed by atoms with Gasteiger partial charge in [-0.3, -0.25) is 9.59 Å². The number of benzene rings is 2. The van der Waals surface area contributed by atoms with Gasteiger partial charge in [-0.05, 0) is 40.8 Å². The number of halogens is 1. The predicted molar refractivity (Wildman–Crippen MR) is 96.9 cm³/mol. The molecule has 0 bridgehead atoms. The van der Waals surface area contributed by atoms with E-state index in [-0.39, 0.29) is 36.0 Å². The van der Waals surface area contributed by atoms with Crippen molar-refractivity contribution in [1.29, 1.82) is 0 Å². The SMILES string of the molecule is CC(C)(C)c1ccc(NC(=O)CNC(=O)Cc2cccc(F)c2)cc1. The highest BCUT2D eigenvalue weighted by Crippen LogP contribution is 2.23. The maximum atomic E-state index is 13.1. The summed E-state index contributed by atoms with van der Waals surface area (Å²) in [6.07, 6.45) is 0.0331. The van der Waals surface area contributed by atoms with Gasteiger partial charge in [0.2, 0.25) is 11.8 Å². The van der Waals surface area contributed by atoms with Crippen molar-refractivity contribution in [2.75, 3.05) is 11.9 Å². The number of carbonyl (C=O) groups is 2. The molecule has 2 aromatic carbocycles. The van der Waals surface area contributed by atoms with Gasteiger partial charge in [-0.2, -0.15) is 0 Å². The second-order valence-corrected chi connectivity index (χ2v) is 6.96. The monoisotopic (exact) mass is 342 g/mol. The number of anilines is 1. The fraction of sp³-hybridized carbons (Fsp3) is 0.300. The lowest BCUT2D eigenvalue weighted by atomic mass is 9.87. The van der Waals surface area contributed by atoms with Crippen molar-refractivity contribution in [3.63, 3.8) is 0 Å². The number of hydrogen-bond acceptors (Lipinski definition) is 2. The van der Waals surface area contributed by atoms with Crippen LogP contribution in [0.1, 0.15) is 31.9 Å². The molecule has 4 nitrogen and oxygen atoms in total. The van der Waals surface area contributed by atoms with E-state index in [0.29, 0.717) is 11.3 Å². The van der Waals surface area contributed by atoms with Crippen molar-refractivity contribution < 1.29 is 14.0 Å². The molecule has 0 aliphatic heterocycles. The van der Waals surface area contributed by atoms with Crippen LogP contribution >= 0.6 is 0 Å². The average molecular weight is 342 g/mol. The summed E-state index contributed by atoms with van der Waals surface area (Å²) in [6.45, 7) is 6.23. The summed E-state index contributed by atoms with van der Waals surface area (Å²) in [5.41, 5.74) is 2.47. The van der Waals surface area contributed by atoms with Crippen LogP contribution in [0.25, 0.3) is 0 Å². The first-order valence-electron chi connectivity index (χ1n) is 8.15. The lowest BCUT2D eigenvalue weighted by Gasteiger charge is -2.19. The van der Waals surface area contributed by atoms with E-state index < -0.39 is 0 Å². The molecule has 2 rings (SSSR count). The fourth-order valence-corrected chi connectivity index (χ4v) is 2.33. The topological polar surface area (TPSA) is 58.2 Å². The Morgan fingerprint density at radius 2 is 1.68 bits per heavy atom. The minimum atomic E-state index is -0.387. The Balaban J connectivity index is 1.81. The van der Waals surface area contributed by atoms with Crippen molar-refractivity contribution in [1.82, 2.24) is 5.32 Å². The van der Waals surface area contributed by atoms with Gasteiger partial charge < -0.3 is 10.6 Å². The number of nitrogens with one attached hydrogen (secondary N) is 2. The van der Waals surface area contributed by atoms with Gasteiger partial charge in [-0.25, -0.2) is 4.39 Å². The van der Waals surface area contributed by atoms with Crippen molar-refractivity contribution in [2.45, 2.75) is 32.6 Å². The van der Waals surface area contributed by atoms with E-state index in [1.807, 2.05) is 24.3 Å². The number of amides is 2. The second-order valence-electron chi connectivity index (χ2n) is 6.96. The molecule has 0 radical (unpaired) electrons. The van der Waals surface area contributed by atoms with E-state index in [0.717, 1.165) is 0 Å². The van der Waals surface area contributed by atoms with E-state index in [4.69, 9.17) is 0 Å². The summed E-state index contributed by atoms with van der Waals surface area (Å²) in [4.78, 5) is 23.7. The Morgan fingerprint density at radius 3 is 2.28 bits per heavy atom. The van der Waals surface area contributed by atoms with Gasteiger partial charge in [0.05, 0.1) is 13.0 Å². The molecular weight excluding hydrogens is 319 g/mol. The Kier molecular flexibility index (Phi) is 5.91. The molecule has 2 N–H and O–H groups in total. The molecule has 0 aliphatic carbocycles. The van der Waals surface area contributed by atoms with Crippen molar-refractivity contribution in [3.8, 4) is 0 Å². The first-order valence-corrected chi connectivity index (χ1v) is 8.15. The number of hydrogen-bond donors (Lipinski definition) is 2. The lowest BCUT2D eigenvalue weighted by molar-refractivity contribution is -0.123. The highest BCUT2D eigenvalue weighted by atomic mass is 19.1. The third kappa shape index (κ3) is 6.03. The van der Waals surface area contributed by atoms with Crippen molar-refractivity contribution >= 4 is 17.5 Å². The van der Waals surface area contributed by atoms with Crippen molar-refractivity contribution in [3.05, 3.63) is 65.5 Å². The minimum Gasteiger partial charge on any atom is -0.347 e. The van der Waals surface area contributed by atoms with E-state index in [1.165, 1.54) is 17.7 Å². The first kappa shape index (κ1) is 18.6. The van der Waals surface area contributed by atoms with Gasteiger partial charge in [-0.1, -0.05) is 45.0 Å². The molecule has 25 heavy (non-hydrogen) atoms. The summed E-state index contributed by atoms with van der Waals surface area (Å²) < 4.78 is 13.1. The minimum absolute atomic E-state index is 0.0331. The molecule has 5 heteroatoms. The van der Waals surface area contributed by atoms with E-state index in [1.54, 1.807) is 12.1 Å². The molecule has 0 spiro atoms. The summed E-state index contributed by atoms with van der Waals surface area (Å²) in [5.74, 6) is -1.03. The molecule has 0 unspecified atom stereocenters. The predicted octanol–water partition coefficient (Wildman–Crippen LogP) is 3.42. The molecule has 0 atom stereocenters. The molecule has 0 heterocycles. The number of rotatable bonds is 5. The maximum Gasteiger partial charge on any atom is 0.243 e. The Morgan fingerprint density at radius 1 is 1.00 bits per heavy atom. The van der Waals surface area contributed by atoms with E-state index in [9.17, 15) is 14.0 Å².